The molecule has 0 aromatic heterocycles. The fourth-order valence-electron chi connectivity index (χ4n) is 0.158. The Morgan fingerprint density at radius 3 is 2.40 bits per heavy atom. The first-order valence-electron chi connectivity index (χ1n) is 2.02. The van der Waals surface area contributed by atoms with Crippen LogP contribution < -0.4 is 0 Å². The van der Waals surface area contributed by atoms with E-state index in [1.165, 1.54) is 13.6 Å². The van der Waals surface area contributed by atoms with Crippen molar-refractivity contribution in [1.82, 2.24) is 0 Å². The zero-order valence-corrected chi connectivity index (χ0v) is 4.46. The molecular formula is C3H9BS. The van der Waals surface area contributed by atoms with Crippen LogP contribution in [0.4, 0.5) is 0 Å². The van der Waals surface area contributed by atoms with Gasteiger partial charge in [-0.2, -0.15) is 12.6 Å². The molecule has 0 aliphatic carbocycles. The van der Waals surface area contributed by atoms with Gasteiger partial charge in [0.15, 0.2) is 0 Å². The van der Waals surface area contributed by atoms with Crippen LogP contribution in [0.1, 0.15) is 6.92 Å². The zero-order chi connectivity index (χ0) is 4.12. The SMILES string of the molecule is CCBCS. The van der Waals surface area contributed by atoms with Gasteiger partial charge in [-0.05, 0) is 5.65 Å². The van der Waals surface area contributed by atoms with Crippen LogP contribution >= 0.6 is 12.6 Å². The van der Waals surface area contributed by atoms with Gasteiger partial charge in [-0.25, -0.2) is 0 Å². The highest BCUT2D eigenvalue weighted by Gasteiger charge is 1.73. The van der Waals surface area contributed by atoms with E-state index in [0.29, 0.717) is 0 Å². The molecule has 0 radical (unpaired) electrons. The molecule has 0 unspecified atom stereocenters. The maximum Gasteiger partial charge on any atom is 0.132 e. The van der Waals surface area contributed by atoms with Gasteiger partial charge < -0.3 is 0 Å². The second-order valence-electron chi connectivity index (χ2n) is 1.08. The topological polar surface area (TPSA) is 0 Å². The maximum atomic E-state index is 4.00. The van der Waals surface area contributed by atoms with Crippen LogP contribution in [0.15, 0.2) is 0 Å². The summed E-state index contributed by atoms with van der Waals surface area (Å²) in [6, 6.07) is 0. The minimum absolute atomic E-state index is 1.04. The molecule has 0 aliphatic heterocycles. The first-order chi connectivity index (χ1) is 2.41. The van der Waals surface area contributed by atoms with E-state index in [2.05, 4.69) is 19.6 Å². The van der Waals surface area contributed by atoms with Crippen molar-refractivity contribution < 1.29 is 0 Å². The van der Waals surface area contributed by atoms with Gasteiger partial charge >= 0.3 is 0 Å². The monoisotopic (exact) mass is 88.1 g/mol. The van der Waals surface area contributed by atoms with E-state index >= 15 is 0 Å². The molecule has 0 nitrogen and oxygen atoms in total. The van der Waals surface area contributed by atoms with Gasteiger partial charge in [-0.1, -0.05) is 13.2 Å². The molecular weight excluding hydrogens is 78.9 g/mol. The van der Waals surface area contributed by atoms with Crippen molar-refractivity contribution in [2.24, 2.45) is 0 Å². The molecule has 0 aromatic rings. The largest absolute Gasteiger partial charge is 0.188 e. The molecule has 0 aliphatic rings. The Morgan fingerprint density at radius 2 is 2.40 bits per heavy atom. The quantitative estimate of drug-likeness (QED) is 0.373. The average molecular weight is 88.0 g/mol. The summed E-state index contributed by atoms with van der Waals surface area (Å²) >= 11 is 4.00. The Labute approximate surface area is 39.6 Å². The third-order valence-corrected chi connectivity index (χ3v) is 0.828. The van der Waals surface area contributed by atoms with Gasteiger partial charge in [0.25, 0.3) is 0 Å². The fraction of sp³-hybridized carbons (Fsp3) is 1.00. The van der Waals surface area contributed by atoms with Crippen LogP contribution in [-0.4, -0.2) is 12.9 Å². The lowest BCUT2D eigenvalue weighted by Gasteiger charge is -1.74. The van der Waals surface area contributed by atoms with Crippen molar-refractivity contribution >= 4 is 19.9 Å². The molecule has 5 heavy (non-hydrogen) atoms. The minimum atomic E-state index is 1.04. The summed E-state index contributed by atoms with van der Waals surface area (Å²) in [7, 11) is 1.25. The lowest BCUT2D eigenvalue weighted by molar-refractivity contribution is 1.45. The van der Waals surface area contributed by atoms with Gasteiger partial charge in [0.05, 0.1) is 0 Å². The van der Waals surface area contributed by atoms with E-state index in [9.17, 15) is 0 Å². The van der Waals surface area contributed by atoms with Crippen LogP contribution in [-0.2, 0) is 0 Å². The Morgan fingerprint density at radius 1 is 1.80 bits per heavy atom. The molecule has 2 heteroatoms. The second-order valence-corrected chi connectivity index (χ2v) is 1.52. The van der Waals surface area contributed by atoms with Gasteiger partial charge in [-0.15, -0.1) is 0 Å². The number of hydrogen-bond donors (Lipinski definition) is 1. The van der Waals surface area contributed by atoms with E-state index < -0.39 is 0 Å². The smallest absolute Gasteiger partial charge is 0.132 e. The van der Waals surface area contributed by atoms with Crippen LogP contribution in [0, 0.1) is 0 Å². The van der Waals surface area contributed by atoms with E-state index in [1.54, 1.807) is 0 Å². The van der Waals surface area contributed by atoms with Crippen molar-refractivity contribution in [3.05, 3.63) is 0 Å². The first kappa shape index (κ1) is 5.41. The van der Waals surface area contributed by atoms with Gasteiger partial charge in [-0.3, -0.25) is 0 Å². The predicted molar refractivity (Wildman–Crippen MR) is 31.5 cm³/mol. The van der Waals surface area contributed by atoms with Crippen LogP contribution in [0.5, 0.6) is 0 Å². The summed E-state index contributed by atoms with van der Waals surface area (Å²) in [6.07, 6.45) is 1.27. The normalized spacial score (nSPS) is 7.60. The Bertz CT molecular complexity index is 14.4. The molecule has 0 aromatic carbocycles. The summed E-state index contributed by atoms with van der Waals surface area (Å²) < 4.78 is 0. The van der Waals surface area contributed by atoms with Gasteiger partial charge in [0, 0.05) is 0 Å². The second kappa shape index (κ2) is 4.41. The number of thiol groups is 1. The third kappa shape index (κ3) is 4.41. The Balaban J connectivity index is 2.19. The molecule has 30 valence electrons. The molecule has 0 N–H and O–H groups in total. The summed E-state index contributed by atoms with van der Waals surface area (Å²) in [4.78, 5) is 0. The minimum Gasteiger partial charge on any atom is -0.188 e. The fourth-order valence-corrected chi connectivity index (χ4v) is 0.474. The Hall–Kier alpha value is 0.415. The summed E-state index contributed by atoms with van der Waals surface area (Å²) in [5.74, 6) is 0. The van der Waals surface area contributed by atoms with Crippen LogP contribution in [0.25, 0.3) is 0 Å². The molecule has 0 atom stereocenters. The van der Waals surface area contributed by atoms with Crippen molar-refractivity contribution in [2.75, 3.05) is 5.65 Å². The lowest BCUT2D eigenvalue weighted by atomic mass is 9.79. The average Bonchev–Trinajstić information content (AvgIpc) is 1.41. The molecule has 0 rings (SSSR count). The predicted octanol–water partition coefficient (Wildman–Crippen LogP) is 0.748. The van der Waals surface area contributed by atoms with Crippen molar-refractivity contribution in [3.8, 4) is 0 Å². The third-order valence-electron chi connectivity index (χ3n) is 0.512. The molecule has 0 heterocycles. The van der Waals surface area contributed by atoms with Crippen molar-refractivity contribution in [1.29, 1.82) is 0 Å². The highest BCUT2D eigenvalue weighted by molar-refractivity contribution is 7.81. The molecule has 0 bridgehead atoms. The molecule has 0 saturated carbocycles. The summed E-state index contributed by atoms with van der Waals surface area (Å²) in [6.45, 7) is 2.16. The maximum absolute atomic E-state index is 4.00. The highest BCUT2D eigenvalue weighted by atomic mass is 32.1. The van der Waals surface area contributed by atoms with E-state index in [-0.39, 0.29) is 0 Å². The Kier molecular flexibility index (Phi) is 4.78. The lowest BCUT2D eigenvalue weighted by Crippen LogP contribution is -1.84. The summed E-state index contributed by atoms with van der Waals surface area (Å²) in [5.41, 5.74) is 1.04. The number of hydrogen-bond acceptors (Lipinski definition) is 1. The van der Waals surface area contributed by atoms with Crippen molar-refractivity contribution in [3.63, 3.8) is 0 Å². The molecule has 0 amide bonds. The summed E-state index contributed by atoms with van der Waals surface area (Å²) in [5, 5.41) is 0. The van der Waals surface area contributed by atoms with Gasteiger partial charge in [0.2, 0.25) is 0 Å². The van der Waals surface area contributed by atoms with E-state index in [0.717, 1.165) is 5.65 Å². The molecule has 0 spiro atoms. The highest BCUT2D eigenvalue weighted by Crippen LogP contribution is 1.73. The van der Waals surface area contributed by atoms with Gasteiger partial charge in [0.1, 0.15) is 7.28 Å². The number of rotatable bonds is 2. The van der Waals surface area contributed by atoms with E-state index in [1.807, 2.05) is 0 Å². The van der Waals surface area contributed by atoms with E-state index in [4.69, 9.17) is 0 Å². The molecule has 0 saturated heterocycles. The van der Waals surface area contributed by atoms with Crippen LogP contribution in [0.3, 0.4) is 0 Å². The van der Waals surface area contributed by atoms with Crippen LogP contribution in [0.2, 0.25) is 6.32 Å². The first-order valence-corrected chi connectivity index (χ1v) is 2.66. The molecule has 0 fully saturated rings. The zero-order valence-electron chi connectivity index (χ0n) is 3.57. The van der Waals surface area contributed by atoms with Crippen molar-refractivity contribution in [2.45, 2.75) is 13.2 Å². The standard InChI is InChI=1S/C3H9BS/c1-2-4-3-5/h4-5H,2-3H2,1H3.